The number of benzene rings is 1. The molecule has 19 heavy (non-hydrogen) atoms. The fourth-order valence-corrected chi connectivity index (χ4v) is 2.96. The maximum atomic E-state index is 11.0. The van der Waals surface area contributed by atoms with Gasteiger partial charge in [-0.15, -0.1) is 0 Å². The Labute approximate surface area is 112 Å². The third kappa shape index (κ3) is 2.49. The Kier molecular flexibility index (Phi) is 3.50. The zero-order valence-corrected chi connectivity index (χ0v) is 10.7. The highest BCUT2D eigenvalue weighted by molar-refractivity contribution is 5.74. The van der Waals surface area contributed by atoms with E-state index in [2.05, 4.69) is 27.9 Å². The zero-order valence-electron chi connectivity index (χ0n) is 10.7. The number of hydrogen-bond acceptors (Lipinski definition) is 4. The molecule has 0 bridgehead atoms. The van der Waals surface area contributed by atoms with Crippen molar-refractivity contribution in [1.82, 2.24) is 15.8 Å². The van der Waals surface area contributed by atoms with Crippen molar-refractivity contribution in [3.05, 3.63) is 35.9 Å². The molecule has 3 atom stereocenters. The van der Waals surface area contributed by atoms with E-state index in [4.69, 9.17) is 5.11 Å². The van der Waals surface area contributed by atoms with Gasteiger partial charge in [0.1, 0.15) is 6.04 Å². The molecule has 1 aromatic carbocycles. The standard InChI is InChI=1S/C14H19N3O2/c18-14(19)12-6-7-17(12)9-11-8-15-16-13(11)10-4-2-1-3-5-10/h1-5,11-13,15-16H,6-9H2,(H,18,19). The van der Waals surface area contributed by atoms with Gasteiger partial charge in [0.25, 0.3) is 0 Å². The van der Waals surface area contributed by atoms with Gasteiger partial charge in [0.15, 0.2) is 0 Å². The van der Waals surface area contributed by atoms with Crippen LogP contribution < -0.4 is 10.9 Å². The molecule has 0 amide bonds. The molecule has 0 radical (unpaired) electrons. The van der Waals surface area contributed by atoms with Gasteiger partial charge >= 0.3 is 5.97 Å². The SMILES string of the molecule is O=C(O)C1CCN1CC1CNNC1c1ccccc1. The van der Waals surface area contributed by atoms with Gasteiger partial charge in [0, 0.05) is 25.6 Å². The van der Waals surface area contributed by atoms with E-state index >= 15 is 0 Å². The lowest BCUT2D eigenvalue weighted by Gasteiger charge is -2.40. The van der Waals surface area contributed by atoms with Crippen LogP contribution in [-0.4, -0.2) is 41.7 Å². The van der Waals surface area contributed by atoms with E-state index in [9.17, 15) is 4.79 Å². The first-order chi connectivity index (χ1) is 9.25. The second-order valence-corrected chi connectivity index (χ2v) is 5.31. The number of rotatable bonds is 4. The molecule has 0 saturated carbocycles. The largest absolute Gasteiger partial charge is 0.480 e. The summed E-state index contributed by atoms with van der Waals surface area (Å²) in [6, 6.07) is 10.3. The van der Waals surface area contributed by atoms with Crippen LogP contribution in [-0.2, 0) is 4.79 Å². The van der Waals surface area contributed by atoms with Crippen LogP contribution in [0.1, 0.15) is 18.0 Å². The third-order valence-corrected chi connectivity index (χ3v) is 4.14. The van der Waals surface area contributed by atoms with Crippen molar-refractivity contribution in [2.45, 2.75) is 18.5 Å². The number of likely N-dealkylation sites (tertiary alicyclic amines) is 1. The number of carbonyl (C=O) groups is 1. The highest BCUT2D eigenvalue weighted by atomic mass is 16.4. The topological polar surface area (TPSA) is 64.6 Å². The van der Waals surface area contributed by atoms with Crippen LogP contribution in [0, 0.1) is 5.92 Å². The van der Waals surface area contributed by atoms with Crippen LogP contribution in [0.15, 0.2) is 30.3 Å². The van der Waals surface area contributed by atoms with Crippen molar-refractivity contribution in [3.8, 4) is 0 Å². The number of hydrazine groups is 1. The molecule has 2 fully saturated rings. The van der Waals surface area contributed by atoms with E-state index in [1.807, 2.05) is 18.2 Å². The molecule has 0 spiro atoms. The predicted molar refractivity (Wildman–Crippen MR) is 71.4 cm³/mol. The first-order valence-electron chi connectivity index (χ1n) is 6.76. The maximum Gasteiger partial charge on any atom is 0.320 e. The average Bonchev–Trinajstić information content (AvgIpc) is 2.83. The summed E-state index contributed by atoms with van der Waals surface area (Å²) in [4.78, 5) is 13.1. The first kappa shape index (κ1) is 12.6. The first-order valence-corrected chi connectivity index (χ1v) is 6.76. The summed E-state index contributed by atoms with van der Waals surface area (Å²) in [7, 11) is 0. The van der Waals surface area contributed by atoms with E-state index in [1.165, 1.54) is 5.56 Å². The van der Waals surface area contributed by atoms with E-state index in [0.717, 1.165) is 26.1 Å². The number of hydrogen-bond donors (Lipinski definition) is 3. The minimum atomic E-state index is -0.693. The highest BCUT2D eigenvalue weighted by Crippen LogP contribution is 2.28. The van der Waals surface area contributed by atoms with Gasteiger partial charge < -0.3 is 5.11 Å². The zero-order chi connectivity index (χ0) is 13.2. The lowest BCUT2D eigenvalue weighted by atomic mass is 9.92. The Bertz CT molecular complexity index is 451. The Morgan fingerprint density at radius 3 is 2.79 bits per heavy atom. The van der Waals surface area contributed by atoms with Crippen LogP contribution in [0.5, 0.6) is 0 Å². The molecule has 2 saturated heterocycles. The van der Waals surface area contributed by atoms with Gasteiger partial charge in [-0.25, -0.2) is 5.43 Å². The van der Waals surface area contributed by atoms with Gasteiger partial charge in [-0.1, -0.05) is 30.3 Å². The molecule has 2 aliphatic rings. The fourth-order valence-electron chi connectivity index (χ4n) is 2.96. The molecule has 102 valence electrons. The van der Waals surface area contributed by atoms with E-state index in [0.29, 0.717) is 5.92 Å². The molecule has 2 aliphatic heterocycles. The van der Waals surface area contributed by atoms with Crippen molar-refractivity contribution in [2.75, 3.05) is 19.6 Å². The minimum Gasteiger partial charge on any atom is -0.480 e. The van der Waals surface area contributed by atoms with Crippen LogP contribution in [0.3, 0.4) is 0 Å². The maximum absolute atomic E-state index is 11.0. The van der Waals surface area contributed by atoms with E-state index in [-0.39, 0.29) is 12.1 Å². The second-order valence-electron chi connectivity index (χ2n) is 5.31. The molecule has 1 aromatic rings. The summed E-state index contributed by atoms with van der Waals surface area (Å²) in [5, 5.41) is 9.09. The van der Waals surface area contributed by atoms with Gasteiger partial charge in [0.2, 0.25) is 0 Å². The monoisotopic (exact) mass is 261 g/mol. The lowest BCUT2D eigenvalue weighted by Crippen LogP contribution is -2.54. The second kappa shape index (κ2) is 5.28. The normalized spacial score (nSPS) is 31.1. The van der Waals surface area contributed by atoms with Crippen LogP contribution in [0.2, 0.25) is 0 Å². The quantitative estimate of drug-likeness (QED) is 0.741. The number of nitrogens with zero attached hydrogens (tertiary/aromatic N) is 1. The Balaban J connectivity index is 1.66. The van der Waals surface area contributed by atoms with Crippen LogP contribution in [0.4, 0.5) is 0 Å². The number of nitrogens with one attached hydrogen (secondary N) is 2. The highest BCUT2D eigenvalue weighted by Gasteiger charge is 2.38. The van der Waals surface area contributed by atoms with Crippen LogP contribution >= 0.6 is 0 Å². The Morgan fingerprint density at radius 2 is 2.16 bits per heavy atom. The van der Waals surface area contributed by atoms with Gasteiger partial charge in [-0.2, -0.15) is 0 Å². The molecular formula is C14H19N3O2. The smallest absolute Gasteiger partial charge is 0.320 e. The molecule has 5 heteroatoms. The molecule has 3 N–H and O–H groups in total. The molecule has 5 nitrogen and oxygen atoms in total. The van der Waals surface area contributed by atoms with Crippen LogP contribution in [0.25, 0.3) is 0 Å². The predicted octanol–water partition coefficient (Wildman–Crippen LogP) is 0.611. The summed E-state index contributed by atoms with van der Waals surface area (Å²) >= 11 is 0. The number of carboxylic acids is 1. The number of carboxylic acid groups (broad SMARTS) is 1. The van der Waals surface area contributed by atoms with Gasteiger partial charge in [-0.3, -0.25) is 15.1 Å². The van der Waals surface area contributed by atoms with E-state index < -0.39 is 5.97 Å². The van der Waals surface area contributed by atoms with E-state index in [1.54, 1.807) is 0 Å². The molecule has 0 aromatic heterocycles. The molecule has 3 rings (SSSR count). The molecule has 0 aliphatic carbocycles. The average molecular weight is 261 g/mol. The summed E-state index contributed by atoms with van der Waals surface area (Å²) in [6.07, 6.45) is 0.777. The van der Waals surface area contributed by atoms with Crippen molar-refractivity contribution in [3.63, 3.8) is 0 Å². The fraction of sp³-hybridized carbons (Fsp3) is 0.500. The Morgan fingerprint density at radius 1 is 1.37 bits per heavy atom. The lowest BCUT2D eigenvalue weighted by molar-refractivity contribution is -0.148. The van der Waals surface area contributed by atoms with Gasteiger partial charge in [-0.05, 0) is 12.0 Å². The minimum absolute atomic E-state index is 0.260. The van der Waals surface area contributed by atoms with Crippen molar-refractivity contribution in [2.24, 2.45) is 5.92 Å². The Hall–Kier alpha value is -1.43. The van der Waals surface area contributed by atoms with Crippen molar-refractivity contribution < 1.29 is 9.90 Å². The van der Waals surface area contributed by atoms with Crippen molar-refractivity contribution in [1.29, 1.82) is 0 Å². The summed E-state index contributed by atoms with van der Waals surface area (Å²) in [5.41, 5.74) is 7.75. The molecule has 3 unspecified atom stereocenters. The number of aliphatic carboxylic acids is 1. The summed E-state index contributed by atoms with van der Waals surface area (Å²) in [6.45, 7) is 2.61. The third-order valence-electron chi connectivity index (χ3n) is 4.14. The molecule has 2 heterocycles. The summed E-state index contributed by atoms with van der Waals surface area (Å²) < 4.78 is 0. The van der Waals surface area contributed by atoms with Crippen molar-refractivity contribution >= 4 is 5.97 Å². The molecular weight excluding hydrogens is 242 g/mol. The van der Waals surface area contributed by atoms with Gasteiger partial charge in [0.05, 0.1) is 6.04 Å². The summed E-state index contributed by atoms with van der Waals surface area (Å²) in [5.74, 6) is -0.286.